The molecule has 2 unspecified atom stereocenters. The highest BCUT2D eigenvalue weighted by Gasteiger charge is 2.51. The summed E-state index contributed by atoms with van der Waals surface area (Å²) >= 11 is 0. The van der Waals surface area contributed by atoms with Crippen LogP contribution in [0.2, 0.25) is 0 Å². The van der Waals surface area contributed by atoms with Crippen LogP contribution in [0.4, 0.5) is 0 Å². The summed E-state index contributed by atoms with van der Waals surface area (Å²) in [5, 5.41) is 19.3. The van der Waals surface area contributed by atoms with Crippen LogP contribution in [0.1, 0.15) is 26.2 Å². The van der Waals surface area contributed by atoms with Crippen LogP contribution in [-0.4, -0.2) is 35.5 Å². The largest absolute Gasteiger partial charge is 0.481 e. The Morgan fingerprint density at radius 2 is 2.21 bits per heavy atom. The van der Waals surface area contributed by atoms with Crippen molar-refractivity contribution in [3.63, 3.8) is 0 Å². The molecule has 0 bridgehead atoms. The molecule has 1 aliphatic rings. The van der Waals surface area contributed by atoms with E-state index in [1.807, 2.05) is 0 Å². The van der Waals surface area contributed by atoms with Crippen LogP contribution < -0.4 is 0 Å². The zero-order valence-electron chi connectivity index (χ0n) is 8.69. The predicted molar refractivity (Wildman–Crippen MR) is 51.0 cm³/mol. The van der Waals surface area contributed by atoms with Gasteiger partial charge in [0.05, 0.1) is 12.5 Å². The Labute approximate surface area is 83.9 Å². The summed E-state index contributed by atoms with van der Waals surface area (Å²) in [6.45, 7) is 1.89. The molecule has 14 heavy (non-hydrogen) atoms. The number of carboxylic acids is 1. The highest BCUT2D eigenvalue weighted by molar-refractivity contribution is 5.71. The minimum absolute atomic E-state index is 0.100. The van der Waals surface area contributed by atoms with Gasteiger partial charge in [0, 0.05) is 7.11 Å². The van der Waals surface area contributed by atoms with E-state index in [1.54, 1.807) is 6.92 Å². The normalized spacial score (nSPS) is 22.8. The molecule has 0 aliphatic heterocycles. The summed E-state index contributed by atoms with van der Waals surface area (Å²) in [4.78, 5) is 11.0. The van der Waals surface area contributed by atoms with Gasteiger partial charge in [0.2, 0.25) is 0 Å². The molecule has 0 heterocycles. The molecule has 2 atom stereocenters. The van der Waals surface area contributed by atoms with Crippen molar-refractivity contribution in [3.8, 4) is 0 Å². The molecule has 0 spiro atoms. The Bertz CT molecular complexity index is 212. The van der Waals surface area contributed by atoms with Crippen molar-refractivity contribution in [2.24, 2.45) is 11.8 Å². The topological polar surface area (TPSA) is 66.8 Å². The van der Waals surface area contributed by atoms with Crippen molar-refractivity contribution in [2.45, 2.75) is 31.8 Å². The van der Waals surface area contributed by atoms with Crippen molar-refractivity contribution < 1.29 is 19.7 Å². The average molecular weight is 202 g/mol. The lowest BCUT2D eigenvalue weighted by atomic mass is 9.82. The molecule has 82 valence electrons. The lowest BCUT2D eigenvalue weighted by Crippen LogP contribution is -2.47. The van der Waals surface area contributed by atoms with Gasteiger partial charge in [-0.3, -0.25) is 4.79 Å². The van der Waals surface area contributed by atoms with E-state index in [2.05, 4.69) is 0 Å². The van der Waals surface area contributed by atoms with Gasteiger partial charge in [-0.1, -0.05) is 6.92 Å². The fourth-order valence-corrected chi connectivity index (χ4v) is 2.06. The highest BCUT2D eigenvalue weighted by atomic mass is 16.5. The molecule has 0 radical (unpaired) electrons. The second-order valence-corrected chi connectivity index (χ2v) is 4.00. The monoisotopic (exact) mass is 202 g/mol. The van der Waals surface area contributed by atoms with Gasteiger partial charge in [-0.25, -0.2) is 0 Å². The highest BCUT2D eigenvalue weighted by Crippen LogP contribution is 2.44. The van der Waals surface area contributed by atoms with Crippen molar-refractivity contribution >= 4 is 5.97 Å². The first-order chi connectivity index (χ1) is 6.56. The standard InChI is InChI=1S/C10H18O4/c1-3-8(9(11)12)10(13,6-14-2)7-4-5-7/h7-8,13H,3-6H2,1-2H3,(H,11,12). The number of aliphatic carboxylic acids is 1. The molecule has 1 saturated carbocycles. The number of carbonyl (C=O) groups is 1. The van der Waals surface area contributed by atoms with Gasteiger partial charge in [0.15, 0.2) is 0 Å². The van der Waals surface area contributed by atoms with E-state index in [0.717, 1.165) is 12.8 Å². The van der Waals surface area contributed by atoms with Crippen LogP contribution in [-0.2, 0) is 9.53 Å². The van der Waals surface area contributed by atoms with E-state index in [9.17, 15) is 9.90 Å². The summed E-state index contributed by atoms with van der Waals surface area (Å²) in [6, 6.07) is 0. The van der Waals surface area contributed by atoms with Gasteiger partial charge in [-0.2, -0.15) is 0 Å². The first-order valence-electron chi connectivity index (χ1n) is 5.00. The Balaban J connectivity index is 2.77. The molecule has 0 aromatic carbocycles. The first kappa shape index (κ1) is 11.5. The minimum Gasteiger partial charge on any atom is -0.481 e. The van der Waals surface area contributed by atoms with Gasteiger partial charge < -0.3 is 14.9 Å². The third kappa shape index (κ3) is 2.07. The molecule has 2 N–H and O–H groups in total. The third-order valence-electron chi connectivity index (χ3n) is 2.97. The molecule has 0 amide bonds. The average Bonchev–Trinajstić information content (AvgIpc) is 2.86. The maximum Gasteiger partial charge on any atom is 0.309 e. The van der Waals surface area contributed by atoms with E-state index in [4.69, 9.17) is 9.84 Å². The SMILES string of the molecule is CCC(C(=O)O)C(O)(COC)C1CC1. The number of rotatable bonds is 6. The third-order valence-corrected chi connectivity index (χ3v) is 2.97. The van der Waals surface area contributed by atoms with E-state index in [-0.39, 0.29) is 12.5 Å². The van der Waals surface area contributed by atoms with Gasteiger partial charge >= 0.3 is 5.97 Å². The molecule has 4 nitrogen and oxygen atoms in total. The Morgan fingerprint density at radius 1 is 1.64 bits per heavy atom. The van der Waals surface area contributed by atoms with Gasteiger partial charge in [0.25, 0.3) is 0 Å². The number of hydrogen-bond donors (Lipinski definition) is 2. The van der Waals surface area contributed by atoms with Gasteiger partial charge in [0.1, 0.15) is 5.60 Å². The first-order valence-corrected chi connectivity index (χ1v) is 5.00. The molecule has 0 aromatic heterocycles. The van der Waals surface area contributed by atoms with Crippen LogP contribution >= 0.6 is 0 Å². The van der Waals surface area contributed by atoms with Crippen LogP contribution in [0.3, 0.4) is 0 Å². The molecule has 0 aromatic rings. The number of carboxylic acid groups (broad SMARTS) is 1. The molecule has 1 aliphatic carbocycles. The molecule has 1 fully saturated rings. The number of methoxy groups -OCH3 is 1. The van der Waals surface area contributed by atoms with E-state index in [0.29, 0.717) is 6.42 Å². The van der Waals surface area contributed by atoms with Crippen molar-refractivity contribution in [2.75, 3.05) is 13.7 Å². The fourth-order valence-electron chi connectivity index (χ4n) is 2.06. The molecule has 4 heteroatoms. The van der Waals surface area contributed by atoms with E-state index in [1.165, 1.54) is 7.11 Å². The summed E-state index contributed by atoms with van der Waals surface area (Å²) in [5.74, 6) is -1.54. The second-order valence-electron chi connectivity index (χ2n) is 4.00. The van der Waals surface area contributed by atoms with Crippen LogP contribution in [0.5, 0.6) is 0 Å². The molecular formula is C10H18O4. The van der Waals surface area contributed by atoms with Crippen LogP contribution in [0.25, 0.3) is 0 Å². The van der Waals surface area contributed by atoms with Crippen LogP contribution in [0.15, 0.2) is 0 Å². The zero-order chi connectivity index (χ0) is 10.8. The molecule has 1 rings (SSSR count). The smallest absolute Gasteiger partial charge is 0.309 e. The Morgan fingerprint density at radius 3 is 2.50 bits per heavy atom. The van der Waals surface area contributed by atoms with E-state index >= 15 is 0 Å². The van der Waals surface area contributed by atoms with Gasteiger partial charge in [-0.15, -0.1) is 0 Å². The summed E-state index contributed by atoms with van der Waals surface area (Å²) in [7, 11) is 1.49. The molecular weight excluding hydrogens is 184 g/mol. The Kier molecular flexibility index (Phi) is 3.50. The second kappa shape index (κ2) is 4.28. The van der Waals surface area contributed by atoms with Gasteiger partial charge in [-0.05, 0) is 25.2 Å². The van der Waals surface area contributed by atoms with Crippen molar-refractivity contribution in [3.05, 3.63) is 0 Å². The van der Waals surface area contributed by atoms with Crippen molar-refractivity contribution in [1.29, 1.82) is 0 Å². The Hall–Kier alpha value is -0.610. The maximum atomic E-state index is 11.0. The predicted octanol–water partition coefficient (Wildman–Crippen LogP) is 0.885. The lowest BCUT2D eigenvalue weighted by molar-refractivity contribution is -0.160. The number of aliphatic hydroxyl groups is 1. The zero-order valence-corrected chi connectivity index (χ0v) is 8.69. The summed E-state index contributed by atoms with van der Waals surface area (Å²) < 4.78 is 4.93. The summed E-state index contributed by atoms with van der Waals surface area (Å²) in [5.41, 5.74) is -1.17. The van der Waals surface area contributed by atoms with Crippen LogP contribution in [0, 0.1) is 11.8 Å². The molecule has 0 saturated heterocycles. The number of ether oxygens (including phenoxy) is 1. The quantitative estimate of drug-likeness (QED) is 0.671. The number of hydrogen-bond acceptors (Lipinski definition) is 3. The minimum atomic E-state index is -1.17. The van der Waals surface area contributed by atoms with Crippen molar-refractivity contribution in [1.82, 2.24) is 0 Å². The lowest BCUT2D eigenvalue weighted by Gasteiger charge is -2.32. The summed E-state index contributed by atoms with van der Waals surface area (Å²) in [6.07, 6.45) is 2.25. The van der Waals surface area contributed by atoms with E-state index < -0.39 is 17.5 Å². The maximum absolute atomic E-state index is 11.0. The fraction of sp³-hybridized carbons (Fsp3) is 0.900.